The van der Waals surface area contributed by atoms with E-state index in [2.05, 4.69) is 34.4 Å². The molecule has 0 spiro atoms. The molecule has 0 unspecified atom stereocenters. The summed E-state index contributed by atoms with van der Waals surface area (Å²) in [7, 11) is 1.86. The fraction of sp³-hybridized carbons (Fsp3) is 0.750. The van der Waals surface area contributed by atoms with Crippen LogP contribution in [-0.2, 0) is 0 Å². The van der Waals surface area contributed by atoms with Gasteiger partial charge >= 0.3 is 0 Å². The third-order valence-corrected chi connectivity index (χ3v) is 4.23. The van der Waals surface area contributed by atoms with Gasteiger partial charge in [-0.05, 0) is 37.5 Å². The molecule has 0 bridgehead atoms. The zero-order chi connectivity index (χ0) is 14.6. The lowest BCUT2D eigenvalue weighted by Crippen LogP contribution is -2.28. The number of aryl methyl sites for hydroxylation is 1. The lowest BCUT2D eigenvalue weighted by atomic mass is 9.78. The molecule has 112 valence electrons. The van der Waals surface area contributed by atoms with Crippen LogP contribution in [0.15, 0.2) is 6.07 Å². The average Bonchev–Trinajstić information content (AvgIpc) is 2.84. The number of hydrogen-bond acceptors (Lipinski definition) is 4. The monoisotopic (exact) mass is 276 g/mol. The molecule has 0 amide bonds. The van der Waals surface area contributed by atoms with Crippen molar-refractivity contribution in [3.05, 3.63) is 11.8 Å². The van der Waals surface area contributed by atoms with Crippen LogP contribution < -0.4 is 10.6 Å². The summed E-state index contributed by atoms with van der Waals surface area (Å²) >= 11 is 0. The van der Waals surface area contributed by atoms with Gasteiger partial charge in [-0.1, -0.05) is 26.7 Å². The first-order chi connectivity index (χ1) is 9.53. The lowest BCUT2D eigenvalue weighted by Gasteiger charge is -2.31. The fourth-order valence-corrected chi connectivity index (χ4v) is 3.49. The molecule has 4 heteroatoms. The fourth-order valence-electron chi connectivity index (χ4n) is 3.49. The first kappa shape index (κ1) is 15.1. The molecular formula is C16H28N4. The van der Waals surface area contributed by atoms with Crippen molar-refractivity contribution in [1.29, 1.82) is 0 Å². The van der Waals surface area contributed by atoms with Crippen LogP contribution in [0.2, 0.25) is 0 Å². The van der Waals surface area contributed by atoms with Gasteiger partial charge in [0.05, 0.1) is 0 Å². The molecule has 1 saturated carbocycles. The SMILES string of the molecule is CNc1nc(C)cc(NCC2(CC(C)C)CCCC2)n1. The molecule has 1 fully saturated rings. The van der Waals surface area contributed by atoms with E-state index >= 15 is 0 Å². The van der Waals surface area contributed by atoms with E-state index < -0.39 is 0 Å². The van der Waals surface area contributed by atoms with Gasteiger partial charge in [-0.3, -0.25) is 0 Å². The van der Waals surface area contributed by atoms with E-state index in [0.29, 0.717) is 11.4 Å². The number of rotatable bonds is 6. The number of nitrogens with zero attached hydrogens (tertiary/aromatic N) is 2. The van der Waals surface area contributed by atoms with Crippen LogP contribution in [0.4, 0.5) is 11.8 Å². The second-order valence-electron chi connectivity index (χ2n) is 6.63. The molecule has 1 heterocycles. The maximum atomic E-state index is 4.49. The Kier molecular flexibility index (Phi) is 4.84. The molecule has 0 radical (unpaired) electrons. The van der Waals surface area contributed by atoms with Gasteiger partial charge in [0.25, 0.3) is 0 Å². The van der Waals surface area contributed by atoms with Crippen LogP contribution in [0.5, 0.6) is 0 Å². The summed E-state index contributed by atoms with van der Waals surface area (Å²) < 4.78 is 0. The molecule has 4 nitrogen and oxygen atoms in total. The highest BCUT2D eigenvalue weighted by atomic mass is 15.1. The van der Waals surface area contributed by atoms with E-state index in [0.717, 1.165) is 24.0 Å². The first-order valence-electron chi connectivity index (χ1n) is 7.80. The summed E-state index contributed by atoms with van der Waals surface area (Å²) in [6.45, 7) is 7.69. The minimum Gasteiger partial charge on any atom is -0.369 e. The maximum Gasteiger partial charge on any atom is 0.224 e. The van der Waals surface area contributed by atoms with Crippen LogP contribution >= 0.6 is 0 Å². The van der Waals surface area contributed by atoms with Gasteiger partial charge in [-0.2, -0.15) is 4.98 Å². The van der Waals surface area contributed by atoms with E-state index in [4.69, 9.17) is 0 Å². The largest absolute Gasteiger partial charge is 0.369 e. The molecule has 1 aromatic rings. The van der Waals surface area contributed by atoms with Crippen LogP contribution in [0.1, 0.15) is 51.6 Å². The van der Waals surface area contributed by atoms with Gasteiger partial charge in [0.15, 0.2) is 0 Å². The van der Waals surface area contributed by atoms with Crippen LogP contribution in [0, 0.1) is 18.3 Å². The van der Waals surface area contributed by atoms with Crippen molar-refractivity contribution in [3.63, 3.8) is 0 Å². The van der Waals surface area contributed by atoms with Gasteiger partial charge in [0, 0.05) is 25.4 Å². The van der Waals surface area contributed by atoms with Crippen molar-refractivity contribution in [2.45, 2.75) is 52.9 Å². The highest BCUT2D eigenvalue weighted by molar-refractivity contribution is 5.42. The minimum absolute atomic E-state index is 0.465. The second kappa shape index (κ2) is 6.42. The smallest absolute Gasteiger partial charge is 0.224 e. The summed E-state index contributed by atoms with van der Waals surface area (Å²) in [5, 5.41) is 6.57. The Balaban J connectivity index is 2.04. The Morgan fingerprint density at radius 3 is 2.55 bits per heavy atom. The third-order valence-electron chi connectivity index (χ3n) is 4.23. The van der Waals surface area contributed by atoms with E-state index in [-0.39, 0.29) is 0 Å². The molecule has 1 aliphatic rings. The molecule has 0 aromatic carbocycles. The van der Waals surface area contributed by atoms with Crippen molar-refractivity contribution in [1.82, 2.24) is 9.97 Å². The number of nitrogens with one attached hydrogen (secondary N) is 2. The lowest BCUT2D eigenvalue weighted by molar-refractivity contribution is 0.252. The Labute approximate surface area is 122 Å². The van der Waals surface area contributed by atoms with Crippen molar-refractivity contribution >= 4 is 11.8 Å². The normalized spacial score (nSPS) is 17.4. The zero-order valence-corrected chi connectivity index (χ0v) is 13.3. The van der Waals surface area contributed by atoms with Gasteiger partial charge in [-0.25, -0.2) is 4.98 Å². The van der Waals surface area contributed by atoms with Crippen molar-refractivity contribution in [2.75, 3.05) is 24.2 Å². The first-order valence-corrected chi connectivity index (χ1v) is 7.80. The summed E-state index contributed by atoms with van der Waals surface area (Å²) in [4.78, 5) is 8.83. The van der Waals surface area contributed by atoms with Gasteiger partial charge < -0.3 is 10.6 Å². The molecule has 2 rings (SSSR count). The maximum absolute atomic E-state index is 4.49. The summed E-state index contributed by atoms with van der Waals surface area (Å²) in [5.74, 6) is 2.39. The Morgan fingerprint density at radius 2 is 1.95 bits per heavy atom. The molecule has 0 aliphatic heterocycles. The van der Waals surface area contributed by atoms with Crippen molar-refractivity contribution in [3.8, 4) is 0 Å². The molecule has 1 aromatic heterocycles. The molecule has 20 heavy (non-hydrogen) atoms. The van der Waals surface area contributed by atoms with Crippen molar-refractivity contribution < 1.29 is 0 Å². The van der Waals surface area contributed by atoms with Crippen molar-refractivity contribution in [2.24, 2.45) is 11.3 Å². The van der Waals surface area contributed by atoms with Gasteiger partial charge in [0.1, 0.15) is 5.82 Å². The molecular weight excluding hydrogens is 248 g/mol. The Bertz CT molecular complexity index is 436. The molecule has 0 atom stereocenters. The van der Waals surface area contributed by atoms with E-state index in [1.807, 2.05) is 20.0 Å². The zero-order valence-electron chi connectivity index (χ0n) is 13.3. The summed E-state index contributed by atoms with van der Waals surface area (Å²) in [6.07, 6.45) is 6.75. The number of anilines is 2. The van der Waals surface area contributed by atoms with Gasteiger partial charge in [0.2, 0.25) is 5.95 Å². The quantitative estimate of drug-likeness (QED) is 0.828. The highest BCUT2D eigenvalue weighted by Gasteiger charge is 2.34. The standard InChI is InChI=1S/C16H28N4/c1-12(2)10-16(7-5-6-8-16)11-18-14-9-13(3)19-15(17-4)20-14/h9,12H,5-8,10-11H2,1-4H3,(H2,17,18,19,20). The Hall–Kier alpha value is -1.32. The third kappa shape index (κ3) is 3.84. The topological polar surface area (TPSA) is 49.8 Å². The van der Waals surface area contributed by atoms with Crippen LogP contribution in [-0.4, -0.2) is 23.6 Å². The van der Waals surface area contributed by atoms with E-state index in [9.17, 15) is 0 Å². The van der Waals surface area contributed by atoms with Gasteiger partial charge in [-0.15, -0.1) is 0 Å². The Morgan fingerprint density at radius 1 is 1.25 bits per heavy atom. The highest BCUT2D eigenvalue weighted by Crippen LogP contribution is 2.43. The predicted molar refractivity (Wildman–Crippen MR) is 85.2 cm³/mol. The van der Waals surface area contributed by atoms with E-state index in [1.54, 1.807) is 0 Å². The van der Waals surface area contributed by atoms with Crippen LogP contribution in [0.25, 0.3) is 0 Å². The molecule has 1 aliphatic carbocycles. The predicted octanol–water partition coefficient (Wildman–Crippen LogP) is 3.85. The number of aromatic nitrogens is 2. The average molecular weight is 276 g/mol. The second-order valence-corrected chi connectivity index (χ2v) is 6.63. The minimum atomic E-state index is 0.465. The molecule has 0 saturated heterocycles. The van der Waals surface area contributed by atoms with Crippen LogP contribution in [0.3, 0.4) is 0 Å². The number of hydrogen-bond donors (Lipinski definition) is 2. The summed E-state index contributed by atoms with van der Waals surface area (Å²) in [5.41, 5.74) is 1.46. The van der Waals surface area contributed by atoms with E-state index in [1.165, 1.54) is 32.1 Å². The summed E-state index contributed by atoms with van der Waals surface area (Å²) in [6, 6.07) is 2.03. The molecule has 2 N–H and O–H groups in total.